The van der Waals surface area contributed by atoms with E-state index in [1.807, 2.05) is 32.0 Å². The number of carbonyl (C=O) groups excluding carboxylic acids is 1. The lowest BCUT2D eigenvalue weighted by Gasteiger charge is -2.30. The molecule has 3 rings (SSSR count). The van der Waals surface area contributed by atoms with E-state index in [2.05, 4.69) is 15.3 Å². The van der Waals surface area contributed by atoms with Crippen LogP contribution in [0.1, 0.15) is 11.1 Å². The average Bonchev–Trinajstić information content (AvgIpc) is 2.95. The third-order valence-electron chi connectivity index (χ3n) is 4.24. The van der Waals surface area contributed by atoms with Gasteiger partial charge in [-0.3, -0.25) is 9.69 Å². The number of hydrogen-bond acceptors (Lipinski definition) is 7. The molecule has 1 fully saturated rings. The van der Waals surface area contributed by atoms with E-state index in [1.54, 1.807) is 21.1 Å². The van der Waals surface area contributed by atoms with Crippen molar-refractivity contribution < 1.29 is 9.53 Å². The van der Waals surface area contributed by atoms with Crippen molar-refractivity contribution in [3.63, 3.8) is 0 Å². The van der Waals surface area contributed by atoms with Crippen LogP contribution in [0, 0.1) is 18.6 Å². The first-order chi connectivity index (χ1) is 12.0. The molecular weight excluding hydrogens is 358 g/mol. The highest BCUT2D eigenvalue weighted by Crippen LogP contribution is 2.21. The molecule has 0 radical (unpaired) electrons. The Morgan fingerprint density at radius 1 is 1.36 bits per heavy atom. The molecule has 134 valence electrons. The van der Waals surface area contributed by atoms with Gasteiger partial charge in [-0.2, -0.15) is 4.68 Å². The lowest BCUT2D eigenvalue weighted by atomic mass is 10.1. The number of hydrogen-bond donors (Lipinski definition) is 0. The van der Waals surface area contributed by atoms with Crippen molar-refractivity contribution >= 4 is 29.9 Å². The van der Waals surface area contributed by atoms with Gasteiger partial charge < -0.3 is 4.74 Å². The van der Waals surface area contributed by atoms with Crippen LogP contribution in [0.5, 0.6) is 0 Å². The molecule has 0 unspecified atom stereocenters. The van der Waals surface area contributed by atoms with E-state index in [1.165, 1.54) is 7.11 Å². The molecule has 1 aromatic carbocycles. The fourth-order valence-corrected chi connectivity index (χ4v) is 4.36. The summed E-state index contributed by atoms with van der Waals surface area (Å²) in [5, 5.41) is 8.30. The van der Waals surface area contributed by atoms with Crippen LogP contribution in [0.15, 0.2) is 18.2 Å². The fraction of sp³-hybridized carbons (Fsp3) is 0.500. The van der Waals surface area contributed by atoms with Crippen molar-refractivity contribution in [1.82, 2.24) is 24.7 Å². The Morgan fingerprint density at radius 2 is 2.08 bits per heavy atom. The van der Waals surface area contributed by atoms with Crippen molar-refractivity contribution in [2.24, 2.45) is 0 Å². The second kappa shape index (κ2) is 7.67. The second-order valence-corrected chi connectivity index (χ2v) is 7.69. The summed E-state index contributed by atoms with van der Waals surface area (Å²) in [6.45, 7) is 6.07. The maximum Gasteiger partial charge on any atom is 0.320 e. The third kappa shape index (κ3) is 3.78. The minimum Gasteiger partial charge on any atom is -0.468 e. The number of aromatic nitrogens is 4. The zero-order valence-electron chi connectivity index (χ0n) is 14.5. The van der Waals surface area contributed by atoms with Gasteiger partial charge in [-0.15, -0.1) is 11.8 Å². The molecule has 1 atom stereocenters. The molecular formula is C16H21N5O2S2. The van der Waals surface area contributed by atoms with Gasteiger partial charge in [0.15, 0.2) is 0 Å². The number of benzene rings is 1. The molecule has 0 amide bonds. The van der Waals surface area contributed by atoms with E-state index in [-0.39, 0.29) is 11.2 Å². The molecule has 2 aromatic rings. The molecule has 2 heterocycles. The Kier molecular flexibility index (Phi) is 5.55. The number of carbonyl (C=O) groups is 1. The highest BCUT2D eigenvalue weighted by atomic mass is 32.2. The van der Waals surface area contributed by atoms with Crippen LogP contribution in [0.2, 0.25) is 0 Å². The first kappa shape index (κ1) is 18.1. The van der Waals surface area contributed by atoms with Crippen LogP contribution in [0.25, 0.3) is 5.69 Å². The van der Waals surface area contributed by atoms with Crippen molar-refractivity contribution in [3.8, 4) is 5.69 Å². The van der Waals surface area contributed by atoms with Gasteiger partial charge >= 0.3 is 5.97 Å². The molecule has 25 heavy (non-hydrogen) atoms. The fourth-order valence-electron chi connectivity index (χ4n) is 2.94. The van der Waals surface area contributed by atoms with Gasteiger partial charge in [-0.05, 0) is 47.6 Å². The first-order valence-electron chi connectivity index (χ1n) is 8.02. The lowest BCUT2D eigenvalue weighted by molar-refractivity contribution is -0.140. The molecule has 7 nitrogen and oxygen atoms in total. The van der Waals surface area contributed by atoms with Crippen LogP contribution in [0.3, 0.4) is 0 Å². The zero-order valence-corrected chi connectivity index (χ0v) is 16.1. The molecule has 0 bridgehead atoms. The van der Waals surface area contributed by atoms with E-state index in [9.17, 15) is 4.79 Å². The number of tetrazole rings is 1. The van der Waals surface area contributed by atoms with E-state index in [0.717, 1.165) is 29.1 Å². The molecule has 0 N–H and O–H groups in total. The third-order valence-corrected chi connectivity index (χ3v) is 5.79. The summed E-state index contributed by atoms with van der Waals surface area (Å²) in [5.41, 5.74) is 3.17. The predicted molar refractivity (Wildman–Crippen MR) is 99.5 cm³/mol. The molecule has 0 spiro atoms. The Labute approximate surface area is 155 Å². The van der Waals surface area contributed by atoms with Crippen LogP contribution in [0.4, 0.5) is 0 Å². The van der Waals surface area contributed by atoms with E-state index in [0.29, 0.717) is 18.0 Å². The Morgan fingerprint density at radius 3 is 2.76 bits per heavy atom. The molecule has 1 aromatic heterocycles. The summed E-state index contributed by atoms with van der Waals surface area (Å²) in [5.74, 6) is 0.690. The lowest BCUT2D eigenvalue weighted by Crippen LogP contribution is -2.42. The topological polar surface area (TPSA) is 65.2 Å². The molecule has 1 saturated heterocycles. The van der Waals surface area contributed by atoms with Gasteiger partial charge in [-0.25, -0.2) is 4.68 Å². The molecule has 9 heteroatoms. The summed E-state index contributed by atoms with van der Waals surface area (Å²) < 4.78 is 8.81. The number of aryl methyl sites for hydroxylation is 2. The van der Waals surface area contributed by atoms with Gasteiger partial charge in [0.1, 0.15) is 5.25 Å². The highest BCUT2D eigenvalue weighted by Gasteiger charge is 2.27. The zero-order chi connectivity index (χ0) is 18.0. The van der Waals surface area contributed by atoms with Gasteiger partial charge in [0.05, 0.1) is 19.5 Å². The van der Waals surface area contributed by atoms with Gasteiger partial charge in [-0.1, -0.05) is 18.2 Å². The largest absolute Gasteiger partial charge is 0.468 e. The minimum absolute atomic E-state index is 0.165. The smallest absolute Gasteiger partial charge is 0.320 e. The minimum atomic E-state index is -0.183. The molecule has 0 aliphatic carbocycles. The molecule has 1 aliphatic heterocycles. The number of rotatable bonds is 4. The van der Waals surface area contributed by atoms with Crippen LogP contribution >= 0.6 is 24.0 Å². The summed E-state index contributed by atoms with van der Waals surface area (Å²) in [6, 6.07) is 6.08. The van der Waals surface area contributed by atoms with E-state index >= 15 is 0 Å². The van der Waals surface area contributed by atoms with E-state index in [4.69, 9.17) is 17.0 Å². The van der Waals surface area contributed by atoms with Gasteiger partial charge in [0.2, 0.25) is 4.77 Å². The van der Waals surface area contributed by atoms with Gasteiger partial charge in [0, 0.05) is 18.8 Å². The maximum absolute atomic E-state index is 11.8. The van der Waals surface area contributed by atoms with Crippen LogP contribution in [-0.4, -0.2) is 61.9 Å². The van der Waals surface area contributed by atoms with Crippen molar-refractivity contribution in [1.29, 1.82) is 0 Å². The monoisotopic (exact) mass is 379 g/mol. The number of esters is 1. The standard InChI is InChI=1S/C16H21N5O2S2/c1-11-5-4-6-12(2)14(11)21-16(24)20(17-18-21)10-19-7-8-25-13(9-19)15(22)23-3/h4-6,13H,7-10H2,1-3H3/t13-/m0/s1. The average molecular weight is 380 g/mol. The number of nitrogens with zero attached hydrogens (tertiary/aromatic N) is 5. The quantitative estimate of drug-likeness (QED) is 0.594. The Hall–Kier alpha value is -1.71. The highest BCUT2D eigenvalue weighted by molar-refractivity contribution is 8.00. The number of thioether (sulfide) groups is 1. The normalized spacial score (nSPS) is 18.3. The van der Waals surface area contributed by atoms with E-state index < -0.39 is 0 Å². The first-order valence-corrected chi connectivity index (χ1v) is 9.48. The summed E-state index contributed by atoms with van der Waals surface area (Å²) >= 11 is 7.20. The van der Waals surface area contributed by atoms with Crippen molar-refractivity contribution in [3.05, 3.63) is 34.1 Å². The number of ether oxygens (including phenoxy) is 1. The molecule has 1 aliphatic rings. The Bertz CT molecular complexity index is 812. The summed E-state index contributed by atoms with van der Waals surface area (Å²) in [6.07, 6.45) is 0. The van der Waals surface area contributed by atoms with Gasteiger partial charge in [0.25, 0.3) is 0 Å². The summed E-state index contributed by atoms with van der Waals surface area (Å²) in [4.78, 5) is 13.9. The Balaban J connectivity index is 1.80. The van der Waals surface area contributed by atoms with Crippen LogP contribution in [-0.2, 0) is 16.2 Å². The van der Waals surface area contributed by atoms with Crippen molar-refractivity contribution in [2.75, 3.05) is 26.0 Å². The predicted octanol–water partition coefficient (Wildman–Crippen LogP) is 1.96. The van der Waals surface area contributed by atoms with Crippen molar-refractivity contribution in [2.45, 2.75) is 25.8 Å². The van der Waals surface area contributed by atoms with Crippen LogP contribution < -0.4 is 0 Å². The maximum atomic E-state index is 11.8. The number of methoxy groups -OCH3 is 1. The summed E-state index contributed by atoms with van der Waals surface area (Å²) in [7, 11) is 1.42. The SMILES string of the molecule is COC(=O)[C@@H]1CN(Cn2nnn(-c3c(C)cccc3C)c2=S)CCS1. The second-order valence-electron chi connectivity index (χ2n) is 6.01. The number of para-hydroxylation sites is 1. The molecule has 0 saturated carbocycles.